The maximum absolute atomic E-state index is 12.5. The minimum Gasteiger partial charge on any atom is -0.480 e. The Morgan fingerprint density at radius 1 is 1.38 bits per heavy atom. The fourth-order valence-corrected chi connectivity index (χ4v) is 1.39. The SMILES string of the molecule is C[C@H](NC(=O)c1ccc(C(F)(F)F)cc1[N+](=O)[O-])C(=O)O. The lowest BCUT2D eigenvalue weighted by Gasteiger charge is -2.11. The van der Waals surface area contributed by atoms with Crippen LogP contribution in [0.5, 0.6) is 0 Å². The van der Waals surface area contributed by atoms with Gasteiger partial charge in [0.1, 0.15) is 11.6 Å². The first-order valence-electron chi connectivity index (χ1n) is 5.43. The molecule has 1 rings (SSSR count). The normalized spacial score (nSPS) is 12.6. The van der Waals surface area contributed by atoms with Crippen molar-refractivity contribution in [3.8, 4) is 0 Å². The molecule has 1 amide bonds. The molecule has 2 N–H and O–H groups in total. The number of aliphatic carboxylic acids is 1. The largest absolute Gasteiger partial charge is 0.480 e. The van der Waals surface area contributed by atoms with Gasteiger partial charge in [0.25, 0.3) is 11.6 Å². The molecule has 1 aromatic carbocycles. The number of nitro benzene ring substituents is 1. The number of nitro groups is 1. The Labute approximate surface area is 115 Å². The van der Waals surface area contributed by atoms with E-state index in [9.17, 15) is 32.9 Å². The molecule has 0 aromatic heterocycles. The van der Waals surface area contributed by atoms with E-state index in [2.05, 4.69) is 0 Å². The number of hydrogen-bond acceptors (Lipinski definition) is 4. The van der Waals surface area contributed by atoms with Gasteiger partial charge < -0.3 is 10.4 Å². The molecule has 0 saturated heterocycles. The van der Waals surface area contributed by atoms with Gasteiger partial charge in [-0.15, -0.1) is 0 Å². The molecule has 21 heavy (non-hydrogen) atoms. The average Bonchev–Trinajstić information content (AvgIpc) is 2.36. The van der Waals surface area contributed by atoms with Gasteiger partial charge in [0.15, 0.2) is 0 Å². The van der Waals surface area contributed by atoms with Crippen LogP contribution < -0.4 is 5.32 Å². The molecule has 0 bridgehead atoms. The Morgan fingerprint density at radius 2 is 1.95 bits per heavy atom. The summed E-state index contributed by atoms with van der Waals surface area (Å²) < 4.78 is 37.4. The standard InChI is InChI=1S/C11H9F3N2O5/c1-5(10(18)19)15-9(17)7-3-2-6(11(12,13)14)4-8(7)16(20)21/h2-5H,1H3,(H,15,17)(H,18,19)/t5-/m0/s1. The predicted molar refractivity (Wildman–Crippen MR) is 62.7 cm³/mol. The van der Waals surface area contributed by atoms with Crippen LogP contribution >= 0.6 is 0 Å². The molecular formula is C11H9F3N2O5. The molecule has 0 unspecified atom stereocenters. The van der Waals surface area contributed by atoms with Gasteiger partial charge in [0.2, 0.25) is 0 Å². The molecule has 114 valence electrons. The summed E-state index contributed by atoms with van der Waals surface area (Å²) in [6.07, 6.45) is -4.80. The minimum atomic E-state index is -4.80. The summed E-state index contributed by atoms with van der Waals surface area (Å²) in [5.41, 5.74) is -2.99. The molecule has 10 heteroatoms. The number of benzene rings is 1. The number of rotatable bonds is 4. The molecule has 1 aromatic rings. The molecular weight excluding hydrogens is 297 g/mol. The molecule has 0 aliphatic carbocycles. The van der Waals surface area contributed by atoms with E-state index in [-0.39, 0.29) is 6.07 Å². The average molecular weight is 306 g/mol. The van der Waals surface area contributed by atoms with E-state index in [4.69, 9.17) is 5.11 Å². The van der Waals surface area contributed by atoms with Crippen LogP contribution in [-0.4, -0.2) is 27.9 Å². The topological polar surface area (TPSA) is 110 Å². The quantitative estimate of drug-likeness (QED) is 0.651. The second-order valence-electron chi connectivity index (χ2n) is 4.02. The van der Waals surface area contributed by atoms with Crippen LogP contribution in [0.4, 0.5) is 18.9 Å². The number of alkyl halides is 3. The molecule has 7 nitrogen and oxygen atoms in total. The van der Waals surface area contributed by atoms with Gasteiger partial charge in [-0.25, -0.2) is 0 Å². The van der Waals surface area contributed by atoms with Crippen LogP contribution in [0.3, 0.4) is 0 Å². The number of carbonyl (C=O) groups is 2. The Bertz CT molecular complexity index is 600. The molecule has 0 saturated carbocycles. The summed E-state index contributed by atoms with van der Waals surface area (Å²) >= 11 is 0. The number of carboxylic acid groups (broad SMARTS) is 1. The second kappa shape index (κ2) is 5.77. The number of halogens is 3. The lowest BCUT2D eigenvalue weighted by atomic mass is 10.1. The third-order valence-electron chi connectivity index (χ3n) is 2.48. The molecule has 1 atom stereocenters. The van der Waals surface area contributed by atoms with Crippen molar-refractivity contribution < 1.29 is 32.8 Å². The second-order valence-corrected chi connectivity index (χ2v) is 4.02. The molecule has 0 fully saturated rings. The fraction of sp³-hybridized carbons (Fsp3) is 0.273. The first kappa shape index (κ1) is 16.4. The lowest BCUT2D eigenvalue weighted by Crippen LogP contribution is -2.38. The van der Waals surface area contributed by atoms with Crippen LogP contribution in [0, 0.1) is 10.1 Å². The van der Waals surface area contributed by atoms with Crippen molar-refractivity contribution in [3.05, 3.63) is 39.4 Å². The molecule has 0 heterocycles. The van der Waals surface area contributed by atoms with Crippen molar-refractivity contribution in [2.45, 2.75) is 19.1 Å². The van der Waals surface area contributed by atoms with E-state index >= 15 is 0 Å². The molecule has 0 spiro atoms. The zero-order valence-corrected chi connectivity index (χ0v) is 10.5. The van der Waals surface area contributed by atoms with Crippen LogP contribution in [-0.2, 0) is 11.0 Å². The van der Waals surface area contributed by atoms with Gasteiger partial charge >= 0.3 is 12.1 Å². The maximum Gasteiger partial charge on any atom is 0.416 e. The fourth-order valence-electron chi connectivity index (χ4n) is 1.39. The first-order valence-corrected chi connectivity index (χ1v) is 5.43. The number of carbonyl (C=O) groups excluding carboxylic acids is 1. The summed E-state index contributed by atoms with van der Waals surface area (Å²) in [7, 11) is 0. The van der Waals surface area contributed by atoms with Gasteiger partial charge in [-0.3, -0.25) is 19.7 Å². The highest BCUT2D eigenvalue weighted by molar-refractivity contribution is 6.00. The zero-order valence-electron chi connectivity index (χ0n) is 10.5. The molecule has 0 aliphatic heterocycles. The van der Waals surface area contributed by atoms with Crippen LogP contribution in [0.2, 0.25) is 0 Å². The van der Waals surface area contributed by atoms with Crippen molar-refractivity contribution in [3.63, 3.8) is 0 Å². The summed E-state index contributed by atoms with van der Waals surface area (Å²) in [5, 5.41) is 21.3. The van der Waals surface area contributed by atoms with Gasteiger partial charge in [-0.05, 0) is 19.1 Å². The first-order chi connectivity index (χ1) is 9.54. The summed E-state index contributed by atoms with van der Waals surface area (Å²) in [6, 6.07) is 0.0119. The summed E-state index contributed by atoms with van der Waals surface area (Å²) in [4.78, 5) is 31.9. The maximum atomic E-state index is 12.5. The minimum absolute atomic E-state index is 0.223. The van der Waals surface area contributed by atoms with Crippen LogP contribution in [0.25, 0.3) is 0 Å². The van der Waals surface area contributed by atoms with Crippen molar-refractivity contribution >= 4 is 17.6 Å². The molecule has 0 radical (unpaired) electrons. The van der Waals surface area contributed by atoms with Gasteiger partial charge in [-0.2, -0.15) is 13.2 Å². The zero-order chi connectivity index (χ0) is 16.4. The predicted octanol–water partition coefficient (Wildman–Crippen LogP) is 1.82. The van der Waals surface area contributed by atoms with E-state index in [0.717, 1.165) is 6.92 Å². The van der Waals surface area contributed by atoms with Crippen LogP contribution in [0.15, 0.2) is 18.2 Å². The smallest absolute Gasteiger partial charge is 0.416 e. The van der Waals surface area contributed by atoms with E-state index < -0.39 is 45.8 Å². The molecule has 0 aliphatic rings. The third kappa shape index (κ3) is 3.91. The highest BCUT2D eigenvalue weighted by Gasteiger charge is 2.34. The van der Waals surface area contributed by atoms with E-state index in [0.29, 0.717) is 12.1 Å². The van der Waals surface area contributed by atoms with Gasteiger partial charge in [-0.1, -0.05) is 0 Å². The highest BCUT2D eigenvalue weighted by Crippen LogP contribution is 2.32. The van der Waals surface area contributed by atoms with Crippen molar-refractivity contribution in [1.82, 2.24) is 5.32 Å². The monoisotopic (exact) mass is 306 g/mol. The van der Waals surface area contributed by atoms with Crippen molar-refractivity contribution in [2.75, 3.05) is 0 Å². The number of nitrogens with zero attached hydrogens (tertiary/aromatic N) is 1. The van der Waals surface area contributed by atoms with E-state index in [1.54, 1.807) is 0 Å². The van der Waals surface area contributed by atoms with Gasteiger partial charge in [0, 0.05) is 6.07 Å². The lowest BCUT2D eigenvalue weighted by molar-refractivity contribution is -0.385. The number of carboxylic acids is 1. The Hall–Kier alpha value is -2.65. The summed E-state index contributed by atoms with van der Waals surface area (Å²) in [5.74, 6) is -2.54. The van der Waals surface area contributed by atoms with E-state index in [1.165, 1.54) is 0 Å². The third-order valence-corrected chi connectivity index (χ3v) is 2.48. The number of nitrogens with one attached hydrogen (secondary N) is 1. The number of amides is 1. The van der Waals surface area contributed by atoms with Crippen LogP contribution in [0.1, 0.15) is 22.8 Å². The van der Waals surface area contributed by atoms with E-state index in [1.807, 2.05) is 5.32 Å². The Balaban J connectivity index is 3.21. The summed E-state index contributed by atoms with van der Waals surface area (Å²) in [6.45, 7) is 1.11. The van der Waals surface area contributed by atoms with Crippen molar-refractivity contribution in [1.29, 1.82) is 0 Å². The highest BCUT2D eigenvalue weighted by atomic mass is 19.4. The Morgan fingerprint density at radius 3 is 2.38 bits per heavy atom. The number of hydrogen-bond donors (Lipinski definition) is 2. The van der Waals surface area contributed by atoms with Crippen molar-refractivity contribution in [2.24, 2.45) is 0 Å². The Kier molecular flexibility index (Phi) is 4.51. The van der Waals surface area contributed by atoms with Gasteiger partial charge in [0.05, 0.1) is 10.5 Å².